The highest BCUT2D eigenvalue weighted by Gasteiger charge is 2.23. The van der Waals surface area contributed by atoms with Crippen molar-refractivity contribution in [1.29, 1.82) is 0 Å². The van der Waals surface area contributed by atoms with Gasteiger partial charge in [-0.25, -0.2) is 4.98 Å². The van der Waals surface area contributed by atoms with Gasteiger partial charge in [0.25, 0.3) is 5.56 Å². The molecule has 2 N–H and O–H groups in total. The number of aromatic amines is 2. The van der Waals surface area contributed by atoms with Crippen LogP contribution in [0, 0.1) is 0 Å². The number of nitrogens with zero attached hydrogens (tertiary/aromatic N) is 2. The van der Waals surface area contributed by atoms with Gasteiger partial charge in [-0.15, -0.1) is 0 Å². The fourth-order valence-electron chi connectivity index (χ4n) is 4.46. The van der Waals surface area contributed by atoms with Crippen LogP contribution >= 0.6 is 0 Å². The summed E-state index contributed by atoms with van der Waals surface area (Å²) in [6.45, 7) is 4.44. The van der Waals surface area contributed by atoms with E-state index in [0.717, 1.165) is 60.6 Å². The van der Waals surface area contributed by atoms with Gasteiger partial charge in [0.15, 0.2) is 0 Å². The largest absolute Gasteiger partial charge is 0.354 e. The second-order valence-corrected chi connectivity index (χ2v) is 8.04. The molecular formula is C25H26N4O. The van der Waals surface area contributed by atoms with Crippen LogP contribution in [0.25, 0.3) is 22.2 Å². The van der Waals surface area contributed by atoms with E-state index in [0.29, 0.717) is 6.54 Å². The fraction of sp³-hybridized carbons (Fsp3) is 0.280. The van der Waals surface area contributed by atoms with Crippen molar-refractivity contribution in [3.05, 3.63) is 87.6 Å². The second kappa shape index (κ2) is 7.92. The van der Waals surface area contributed by atoms with Crippen molar-refractivity contribution in [2.75, 3.05) is 6.54 Å². The van der Waals surface area contributed by atoms with Crippen molar-refractivity contribution >= 4 is 10.9 Å². The zero-order chi connectivity index (χ0) is 20.5. The normalized spacial score (nSPS) is 14.2. The highest BCUT2D eigenvalue weighted by Crippen LogP contribution is 2.32. The van der Waals surface area contributed by atoms with Crippen LogP contribution in [0.5, 0.6) is 0 Å². The van der Waals surface area contributed by atoms with E-state index in [4.69, 9.17) is 4.98 Å². The van der Waals surface area contributed by atoms with Gasteiger partial charge in [0, 0.05) is 43.4 Å². The molecule has 0 spiro atoms. The third kappa shape index (κ3) is 3.46. The van der Waals surface area contributed by atoms with Gasteiger partial charge in [-0.1, -0.05) is 55.5 Å². The lowest BCUT2D eigenvalue weighted by Gasteiger charge is -2.28. The molecule has 5 rings (SSSR count). The Labute approximate surface area is 175 Å². The first-order valence-electron chi connectivity index (χ1n) is 10.7. The number of hydrogen-bond donors (Lipinski definition) is 2. The first-order chi connectivity index (χ1) is 14.7. The van der Waals surface area contributed by atoms with Crippen LogP contribution < -0.4 is 5.56 Å². The van der Waals surface area contributed by atoms with Crippen molar-refractivity contribution in [3.8, 4) is 11.3 Å². The van der Waals surface area contributed by atoms with E-state index in [1.807, 2.05) is 6.07 Å². The zero-order valence-corrected chi connectivity index (χ0v) is 17.2. The molecule has 0 radical (unpaired) electrons. The summed E-state index contributed by atoms with van der Waals surface area (Å²) in [4.78, 5) is 26.4. The standard InChI is InChI=1S/C25H26N4O/c1-2-8-23-26-22-13-14-29(16-20(22)25(30)28-23)15-19-18-11-6-7-12-21(18)27-24(19)17-9-4-3-5-10-17/h3-7,9-12,27H,2,8,13-16H2,1H3,(H,26,28,30). The Hall–Kier alpha value is -3.18. The van der Waals surface area contributed by atoms with Crippen molar-refractivity contribution in [3.63, 3.8) is 0 Å². The molecular weight excluding hydrogens is 372 g/mol. The maximum Gasteiger partial charge on any atom is 0.255 e. The quantitative estimate of drug-likeness (QED) is 0.523. The number of rotatable bonds is 5. The number of para-hydroxylation sites is 1. The maximum atomic E-state index is 12.7. The monoisotopic (exact) mass is 398 g/mol. The fourth-order valence-corrected chi connectivity index (χ4v) is 4.46. The molecule has 5 nitrogen and oxygen atoms in total. The number of hydrogen-bond acceptors (Lipinski definition) is 3. The highest BCUT2D eigenvalue weighted by molar-refractivity contribution is 5.90. The predicted octanol–water partition coefficient (Wildman–Crippen LogP) is 4.43. The number of H-pyrrole nitrogens is 2. The molecule has 0 bridgehead atoms. The summed E-state index contributed by atoms with van der Waals surface area (Å²) in [6, 6.07) is 18.9. The zero-order valence-electron chi connectivity index (χ0n) is 17.2. The van der Waals surface area contributed by atoms with Crippen molar-refractivity contribution < 1.29 is 0 Å². The second-order valence-electron chi connectivity index (χ2n) is 8.04. The van der Waals surface area contributed by atoms with Gasteiger partial charge in [0.05, 0.1) is 17.0 Å². The Kier molecular flexibility index (Phi) is 4.97. The van der Waals surface area contributed by atoms with Gasteiger partial charge in [-0.05, 0) is 23.6 Å². The van der Waals surface area contributed by atoms with Crippen molar-refractivity contribution in [2.24, 2.45) is 0 Å². The predicted molar refractivity (Wildman–Crippen MR) is 120 cm³/mol. The lowest BCUT2D eigenvalue weighted by molar-refractivity contribution is 0.242. The number of aromatic nitrogens is 3. The Bertz CT molecular complexity index is 1240. The molecule has 4 aromatic rings. The van der Waals surface area contributed by atoms with Gasteiger partial charge < -0.3 is 9.97 Å². The Morgan fingerprint density at radius 2 is 1.83 bits per heavy atom. The summed E-state index contributed by atoms with van der Waals surface area (Å²) in [5.41, 5.74) is 6.59. The molecule has 0 aliphatic carbocycles. The van der Waals surface area contributed by atoms with Gasteiger partial charge in [-0.2, -0.15) is 0 Å². The lowest BCUT2D eigenvalue weighted by Crippen LogP contribution is -2.35. The van der Waals surface area contributed by atoms with E-state index < -0.39 is 0 Å². The molecule has 1 aliphatic heterocycles. The van der Waals surface area contributed by atoms with E-state index >= 15 is 0 Å². The molecule has 0 saturated carbocycles. The van der Waals surface area contributed by atoms with E-state index in [1.165, 1.54) is 16.5 Å². The molecule has 0 unspecified atom stereocenters. The topological polar surface area (TPSA) is 64.8 Å². The van der Waals surface area contributed by atoms with Crippen LogP contribution in [0.2, 0.25) is 0 Å². The van der Waals surface area contributed by atoms with Gasteiger partial charge in [-0.3, -0.25) is 9.69 Å². The first-order valence-corrected chi connectivity index (χ1v) is 10.7. The van der Waals surface area contributed by atoms with Crippen LogP contribution in [0.15, 0.2) is 59.4 Å². The SMILES string of the molecule is CCCc1nc2c(c(=O)[nH]1)CN(Cc1c(-c3ccccc3)[nH]c3ccccc13)CC2. The Morgan fingerprint density at radius 3 is 2.67 bits per heavy atom. The summed E-state index contributed by atoms with van der Waals surface area (Å²) >= 11 is 0. The summed E-state index contributed by atoms with van der Waals surface area (Å²) < 4.78 is 0. The van der Waals surface area contributed by atoms with Crippen LogP contribution in [-0.4, -0.2) is 26.4 Å². The summed E-state index contributed by atoms with van der Waals surface area (Å²) in [7, 11) is 0. The van der Waals surface area contributed by atoms with E-state index in [1.54, 1.807) is 0 Å². The minimum Gasteiger partial charge on any atom is -0.354 e. The minimum atomic E-state index is 0.0235. The molecule has 1 aliphatic rings. The smallest absolute Gasteiger partial charge is 0.255 e. The molecule has 0 fully saturated rings. The van der Waals surface area contributed by atoms with Crippen LogP contribution in [0.4, 0.5) is 0 Å². The van der Waals surface area contributed by atoms with E-state index in [-0.39, 0.29) is 5.56 Å². The molecule has 30 heavy (non-hydrogen) atoms. The summed E-state index contributed by atoms with van der Waals surface area (Å²) in [6.07, 6.45) is 2.62. The van der Waals surface area contributed by atoms with E-state index in [2.05, 4.69) is 70.3 Å². The van der Waals surface area contributed by atoms with Crippen LogP contribution in [0.3, 0.4) is 0 Å². The molecule has 152 valence electrons. The summed E-state index contributed by atoms with van der Waals surface area (Å²) in [5, 5.41) is 1.24. The van der Waals surface area contributed by atoms with Gasteiger partial charge >= 0.3 is 0 Å². The number of aryl methyl sites for hydroxylation is 1. The number of fused-ring (bicyclic) bond motifs is 2. The highest BCUT2D eigenvalue weighted by atomic mass is 16.1. The van der Waals surface area contributed by atoms with Crippen molar-refractivity contribution in [1.82, 2.24) is 19.9 Å². The van der Waals surface area contributed by atoms with E-state index in [9.17, 15) is 4.79 Å². The number of nitrogens with one attached hydrogen (secondary N) is 2. The molecule has 0 atom stereocenters. The van der Waals surface area contributed by atoms with Gasteiger partial charge in [0.2, 0.25) is 0 Å². The first kappa shape index (κ1) is 18.8. The molecule has 0 saturated heterocycles. The third-order valence-electron chi connectivity index (χ3n) is 5.94. The third-order valence-corrected chi connectivity index (χ3v) is 5.94. The Morgan fingerprint density at radius 1 is 1.03 bits per heavy atom. The minimum absolute atomic E-state index is 0.0235. The summed E-state index contributed by atoms with van der Waals surface area (Å²) in [5.74, 6) is 0.817. The lowest BCUT2D eigenvalue weighted by atomic mass is 10.0. The van der Waals surface area contributed by atoms with Crippen molar-refractivity contribution in [2.45, 2.75) is 39.3 Å². The Balaban J connectivity index is 1.49. The molecule has 2 aromatic heterocycles. The number of benzene rings is 2. The maximum absolute atomic E-state index is 12.7. The van der Waals surface area contributed by atoms with Crippen LogP contribution in [-0.2, 0) is 25.9 Å². The van der Waals surface area contributed by atoms with Gasteiger partial charge in [0.1, 0.15) is 5.82 Å². The average Bonchev–Trinajstić information content (AvgIpc) is 3.13. The average molecular weight is 399 g/mol. The van der Waals surface area contributed by atoms with Crippen LogP contribution in [0.1, 0.15) is 36.0 Å². The molecule has 3 heterocycles. The molecule has 5 heteroatoms. The molecule has 2 aromatic carbocycles. The molecule has 0 amide bonds.